The Morgan fingerprint density at radius 1 is 0.903 bits per heavy atom. The standard InChI is InChI=1S/C24H24ClN3O3/c1-26-22(29)15-23(27-16-19-9-5-6-10-21(19)25)31-24(30)28-20-13-11-18(12-14-20)17-7-3-2-4-8-17/h2-14,23,27H,15-16H2,1H3,(H,26,29)(H,28,30). The predicted octanol–water partition coefficient (Wildman–Crippen LogP) is 4.81. The lowest BCUT2D eigenvalue weighted by atomic mass is 10.1. The Hall–Kier alpha value is -3.35. The summed E-state index contributed by atoms with van der Waals surface area (Å²) >= 11 is 6.17. The molecule has 6 nitrogen and oxygen atoms in total. The van der Waals surface area contributed by atoms with Crippen molar-refractivity contribution in [3.05, 3.63) is 89.4 Å². The third-order valence-electron chi connectivity index (χ3n) is 4.62. The van der Waals surface area contributed by atoms with Crippen LogP contribution in [0.1, 0.15) is 12.0 Å². The summed E-state index contributed by atoms with van der Waals surface area (Å²) in [6, 6.07) is 24.7. The molecule has 31 heavy (non-hydrogen) atoms. The van der Waals surface area contributed by atoms with Crippen molar-refractivity contribution in [1.29, 1.82) is 0 Å². The van der Waals surface area contributed by atoms with E-state index in [0.29, 0.717) is 17.3 Å². The highest BCUT2D eigenvalue weighted by molar-refractivity contribution is 6.31. The van der Waals surface area contributed by atoms with Crippen molar-refractivity contribution in [2.45, 2.75) is 19.2 Å². The molecule has 0 aliphatic carbocycles. The van der Waals surface area contributed by atoms with Crippen LogP contribution >= 0.6 is 11.6 Å². The molecule has 3 aromatic carbocycles. The van der Waals surface area contributed by atoms with Crippen molar-refractivity contribution in [2.24, 2.45) is 0 Å². The quantitative estimate of drug-likeness (QED) is 0.442. The van der Waals surface area contributed by atoms with Crippen LogP contribution in [0.15, 0.2) is 78.9 Å². The highest BCUT2D eigenvalue weighted by atomic mass is 35.5. The van der Waals surface area contributed by atoms with E-state index in [-0.39, 0.29) is 12.3 Å². The maximum Gasteiger partial charge on any atom is 0.413 e. The number of rotatable bonds is 8. The molecule has 0 aliphatic heterocycles. The van der Waals surface area contributed by atoms with E-state index >= 15 is 0 Å². The molecule has 0 saturated heterocycles. The number of hydrogen-bond donors (Lipinski definition) is 3. The topological polar surface area (TPSA) is 79.5 Å². The van der Waals surface area contributed by atoms with Crippen molar-refractivity contribution in [3.8, 4) is 11.1 Å². The maximum absolute atomic E-state index is 12.4. The molecule has 160 valence electrons. The lowest BCUT2D eigenvalue weighted by Gasteiger charge is -2.19. The van der Waals surface area contributed by atoms with Crippen LogP contribution in [0.5, 0.6) is 0 Å². The Morgan fingerprint density at radius 2 is 1.55 bits per heavy atom. The zero-order chi connectivity index (χ0) is 22.1. The monoisotopic (exact) mass is 437 g/mol. The van der Waals surface area contributed by atoms with Crippen LogP contribution in [-0.2, 0) is 16.1 Å². The normalized spacial score (nSPS) is 11.4. The first-order valence-electron chi connectivity index (χ1n) is 9.85. The van der Waals surface area contributed by atoms with Crippen LogP contribution < -0.4 is 16.0 Å². The lowest BCUT2D eigenvalue weighted by Crippen LogP contribution is -2.39. The second kappa shape index (κ2) is 11.2. The Bertz CT molecular complexity index is 1010. The fourth-order valence-electron chi connectivity index (χ4n) is 2.94. The minimum absolute atomic E-state index is 0.0265. The van der Waals surface area contributed by atoms with Crippen molar-refractivity contribution < 1.29 is 14.3 Å². The van der Waals surface area contributed by atoms with Gasteiger partial charge in [0, 0.05) is 24.3 Å². The van der Waals surface area contributed by atoms with Crippen LogP contribution in [0.3, 0.4) is 0 Å². The van der Waals surface area contributed by atoms with Crippen LogP contribution in [0, 0.1) is 0 Å². The fraction of sp³-hybridized carbons (Fsp3) is 0.167. The summed E-state index contributed by atoms with van der Waals surface area (Å²) in [5.74, 6) is -0.253. The summed E-state index contributed by atoms with van der Waals surface area (Å²) in [6.45, 7) is 0.348. The van der Waals surface area contributed by atoms with Gasteiger partial charge in [-0.15, -0.1) is 0 Å². The van der Waals surface area contributed by atoms with E-state index in [1.165, 1.54) is 7.05 Å². The van der Waals surface area contributed by atoms with Gasteiger partial charge in [0.25, 0.3) is 0 Å². The average Bonchev–Trinajstić information content (AvgIpc) is 2.79. The van der Waals surface area contributed by atoms with Gasteiger partial charge in [0.15, 0.2) is 6.23 Å². The predicted molar refractivity (Wildman–Crippen MR) is 123 cm³/mol. The zero-order valence-electron chi connectivity index (χ0n) is 17.1. The van der Waals surface area contributed by atoms with Crippen LogP contribution in [0.4, 0.5) is 10.5 Å². The van der Waals surface area contributed by atoms with Gasteiger partial charge in [0.05, 0.1) is 6.42 Å². The summed E-state index contributed by atoms with van der Waals surface area (Å²) in [5, 5.41) is 8.88. The number of carbonyl (C=O) groups excluding carboxylic acids is 2. The first kappa shape index (κ1) is 22.3. The molecule has 0 radical (unpaired) electrons. The number of halogens is 1. The van der Waals surface area contributed by atoms with Gasteiger partial charge in [-0.1, -0.05) is 72.3 Å². The molecule has 2 amide bonds. The van der Waals surface area contributed by atoms with E-state index in [0.717, 1.165) is 16.7 Å². The van der Waals surface area contributed by atoms with Gasteiger partial charge in [-0.25, -0.2) is 4.79 Å². The molecule has 3 aromatic rings. The summed E-state index contributed by atoms with van der Waals surface area (Å²) in [4.78, 5) is 24.2. The number of nitrogens with one attached hydrogen (secondary N) is 3. The molecule has 0 aromatic heterocycles. The molecule has 0 spiro atoms. The molecule has 0 bridgehead atoms. The Morgan fingerprint density at radius 3 is 2.23 bits per heavy atom. The average molecular weight is 438 g/mol. The van der Waals surface area contributed by atoms with E-state index in [4.69, 9.17) is 16.3 Å². The molecular weight excluding hydrogens is 414 g/mol. The highest BCUT2D eigenvalue weighted by Gasteiger charge is 2.18. The number of hydrogen-bond acceptors (Lipinski definition) is 4. The minimum atomic E-state index is -0.820. The number of amides is 2. The molecule has 0 heterocycles. The third kappa shape index (κ3) is 6.84. The summed E-state index contributed by atoms with van der Waals surface area (Å²) < 4.78 is 5.44. The second-order valence-corrected chi connectivity index (χ2v) is 7.22. The Kier molecular flexibility index (Phi) is 8.04. The molecule has 3 rings (SSSR count). The van der Waals surface area contributed by atoms with E-state index in [1.54, 1.807) is 18.2 Å². The summed E-state index contributed by atoms with van der Waals surface area (Å²) in [5.41, 5.74) is 3.56. The first-order valence-corrected chi connectivity index (χ1v) is 10.2. The first-order chi connectivity index (χ1) is 15.0. The maximum atomic E-state index is 12.4. The van der Waals surface area contributed by atoms with Gasteiger partial charge in [-0.05, 0) is 34.9 Å². The molecule has 0 saturated carbocycles. The lowest BCUT2D eigenvalue weighted by molar-refractivity contribution is -0.122. The van der Waals surface area contributed by atoms with Gasteiger partial charge < -0.3 is 10.1 Å². The molecule has 1 atom stereocenters. The molecular formula is C24H24ClN3O3. The van der Waals surface area contributed by atoms with Gasteiger partial charge in [0.2, 0.25) is 5.91 Å². The van der Waals surface area contributed by atoms with Crippen molar-refractivity contribution in [2.75, 3.05) is 12.4 Å². The second-order valence-electron chi connectivity index (χ2n) is 6.81. The molecule has 0 fully saturated rings. The van der Waals surface area contributed by atoms with Crippen molar-refractivity contribution in [1.82, 2.24) is 10.6 Å². The summed E-state index contributed by atoms with van der Waals surface area (Å²) in [6.07, 6.45) is -1.51. The number of anilines is 1. The summed E-state index contributed by atoms with van der Waals surface area (Å²) in [7, 11) is 1.53. The van der Waals surface area contributed by atoms with Crippen molar-refractivity contribution >= 4 is 29.3 Å². The van der Waals surface area contributed by atoms with Gasteiger partial charge >= 0.3 is 6.09 Å². The van der Waals surface area contributed by atoms with E-state index < -0.39 is 12.3 Å². The zero-order valence-corrected chi connectivity index (χ0v) is 17.9. The third-order valence-corrected chi connectivity index (χ3v) is 4.98. The smallest absolute Gasteiger partial charge is 0.413 e. The number of ether oxygens (including phenoxy) is 1. The minimum Gasteiger partial charge on any atom is -0.430 e. The molecule has 0 aliphatic rings. The van der Waals surface area contributed by atoms with Crippen molar-refractivity contribution in [3.63, 3.8) is 0 Å². The van der Waals surface area contributed by atoms with E-state index in [2.05, 4.69) is 16.0 Å². The SMILES string of the molecule is CNC(=O)CC(NCc1ccccc1Cl)OC(=O)Nc1ccc(-c2ccccc2)cc1. The number of carbonyl (C=O) groups is 2. The van der Waals surface area contributed by atoms with Gasteiger partial charge in [-0.2, -0.15) is 0 Å². The Labute approximate surface area is 186 Å². The molecule has 7 heteroatoms. The highest BCUT2D eigenvalue weighted by Crippen LogP contribution is 2.21. The molecule has 1 unspecified atom stereocenters. The van der Waals surface area contributed by atoms with Crippen LogP contribution in [0.25, 0.3) is 11.1 Å². The van der Waals surface area contributed by atoms with E-state index in [9.17, 15) is 9.59 Å². The Balaban J connectivity index is 1.60. The largest absolute Gasteiger partial charge is 0.430 e. The molecule has 3 N–H and O–H groups in total. The van der Waals surface area contributed by atoms with E-state index in [1.807, 2.05) is 60.7 Å². The van der Waals surface area contributed by atoms with Crippen LogP contribution in [-0.4, -0.2) is 25.3 Å². The fourth-order valence-corrected chi connectivity index (χ4v) is 3.15. The van der Waals surface area contributed by atoms with Gasteiger partial charge in [0.1, 0.15) is 0 Å². The van der Waals surface area contributed by atoms with Gasteiger partial charge in [-0.3, -0.25) is 15.4 Å². The van der Waals surface area contributed by atoms with Crippen LogP contribution in [0.2, 0.25) is 5.02 Å². The number of benzene rings is 3.